The van der Waals surface area contributed by atoms with Crippen molar-refractivity contribution in [2.75, 3.05) is 6.54 Å². The first-order chi connectivity index (χ1) is 12.7. The Bertz CT molecular complexity index is 989. The second-order valence-electron chi connectivity index (χ2n) is 6.09. The van der Waals surface area contributed by atoms with E-state index in [1.807, 2.05) is 76.8 Å². The molecule has 2 aromatic carbocycles. The molecule has 1 atom stereocenters. The second-order valence-corrected chi connectivity index (χ2v) is 7.82. The predicted molar refractivity (Wildman–Crippen MR) is 108 cm³/mol. The van der Waals surface area contributed by atoms with E-state index >= 15 is 0 Å². The van der Waals surface area contributed by atoms with Crippen LogP contribution in [0.15, 0.2) is 76.8 Å². The third kappa shape index (κ3) is 3.17. The molecule has 0 fully saturated rings. The van der Waals surface area contributed by atoms with Crippen LogP contribution in [0.5, 0.6) is 0 Å². The number of aliphatic hydroxyl groups is 1. The van der Waals surface area contributed by atoms with Gasteiger partial charge in [0.1, 0.15) is 5.60 Å². The number of amides is 1. The van der Waals surface area contributed by atoms with Gasteiger partial charge in [-0.2, -0.15) is 11.3 Å². The lowest BCUT2D eigenvalue weighted by Crippen LogP contribution is -2.41. The van der Waals surface area contributed by atoms with Crippen LogP contribution < -0.4 is 5.32 Å². The van der Waals surface area contributed by atoms with Crippen LogP contribution in [0.4, 0.5) is 0 Å². The van der Waals surface area contributed by atoms with Gasteiger partial charge >= 0.3 is 0 Å². The summed E-state index contributed by atoms with van der Waals surface area (Å²) in [6, 6.07) is 19.3. The van der Waals surface area contributed by atoms with Crippen molar-refractivity contribution in [3.05, 3.63) is 92.8 Å². The fourth-order valence-corrected chi connectivity index (χ4v) is 4.56. The molecule has 130 valence electrons. The molecule has 5 heteroatoms. The SMILES string of the molecule is O=C(NCC(O)(c1ccsc1)c1cccs1)c1ccc2ccccc2c1. The van der Waals surface area contributed by atoms with Crippen molar-refractivity contribution in [3.8, 4) is 0 Å². The summed E-state index contributed by atoms with van der Waals surface area (Å²) in [6.45, 7) is 0.121. The van der Waals surface area contributed by atoms with Crippen LogP contribution in [0.3, 0.4) is 0 Å². The van der Waals surface area contributed by atoms with E-state index < -0.39 is 5.60 Å². The van der Waals surface area contributed by atoms with Gasteiger partial charge in [0.25, 0.3) is 5.91 Å². The first-order valence-electron chi connectivity index (χ1n) is 8.23. The maximum absolute atomic E-state index is 12.7. The molecule has 4 rings (SSSR count). The van der Waals surface area contributed by atoms with Gasteiger partial charge in [0.2, 0.25) is 0 Å². The molecule has 0 saturated heterocycles. The average molecular weight is 380 g/mol. The lowest BCUT2D eigenvalue weighted by atomic mass is 9.94. The minimum Gasteiger partial charge on any atom is -0.378 e. The van der Waals surface area contributed by atoms with Gasteiger partial charge in [-0.3, -0.25) is 4.79 Å². The number of hydrogen-bond donors (Lipinski definition) is 2. The van der Waals surface area contributed by atoms with Gasteiger partial charge in [0.15, 0.2) is 0 Å². The minimum absolute atomic E-state index is 0.121. The van der Waals surface area contributed by atoms with Crippen LogP contribution in [0.1, 0.15) is 20.8 Å². The lowest BCUT2D eigenvalue weighted by Gasteiger charge is -2.27. The van der Waals surface area contributed by atoms with Gasteiger partial charge in [-0.25, -0.2) is 0 Å². The Hall–Kier alpha value is -2.47. The molecular formula is C21H17NO2S2. The van der Waals surface area contributed by atoms with E-state index in [0.717, 1.165) is 21.2 Å². The molecule has 2 heterocycles. The standard InChI is InChI=1S/C21H17NO2S2/c23-20(17-8-7-15-4-1-2-5-16(15)12-17)22-14-21(24,18-9-11-25-13-18)19-6-3-10-26-19/h1-13,24H,14H2,(H,22,23). The normalized spacial score (nSPS) is 13.4. The van der Waals surface area contributed by atoms with Crippen molar-refractivity contribution >= 4 is 39.4 Å². The molecule has 3 nitrogen and oxygen atoms in total. The van der Waals surface area contributed by atoms with Crippen molar-refractivity contribution in [3.63, 3.8) is 0 Å². The molecule has 0 radical (unpaired) electrons. The van der Waals surface area contributed by atoms with E-state index in [4.69, 9.17) is 0 Å². The molecule has 2 N–H and O–H groups in total. The van der Waals surface area contributed by atoms with E-state index in [1.54, 1.807) is 0 Å². The first kappa shape index (κ1) is 17.0. The molecular weight excluding hydrogens is 362 g/mol. The molecule has 0 bridgehead atoms. The molecule has 1 amide bonds. The van der Waals surface area contributed by atoms with Gasteiger partial charge in [0, 0.05) is 16.0 Å². The molecule has 0 spiro atoms. The van der Waals surface area contributed by atoms with Gasteiger partial charge in [-0.1, -0.05) is 36.4 Å². The van der Waals surface area contributed by atoms with Crippen LogP contribution in [0.25, 0.3) is 10.8 Å². The largest absolute Gasteiger partial charge is 0.378 e. The van der Waals surface area contributed by atoms with Crippen molar-refractivity contribution in [2.24, 2.45) is 0 Å². The monoisotopic (exact) mass is 379 g/mol. The summed E-state index contributed by atoms with van der Waals surface area (Å²) in [5.41, 5.74) is 0.159. The van der Waals surface area contributed by atoms with Crippen LogP contribution in [-0.4, -0.2) is 17.6 Å². The molecule has 0 aliphatic rings. The highest BCUT2D eigenvalue weighted by molar-refractivity contribution is 7.10. The number of thiophene rings is 2. The van der Waals surface area contributed by atoms with Crippen molar-refractivity contribution in [1.29, 1.82) is 0 Å². The fraction of sp³-hybridized carbons (Fsp3) is 0.0952. The summed E-state index contributed by atoms with van der Waals surface area (Å²) in [4.78, 5) is 13.5. The molecule has 4 aromatic rings. The Labute approximate surface area is 159 Å². The maximum Gasteiger partial charge on any atom is 0.251 e. The van der Waals surface area contributed by atoms with Crippen molar-refractivity contribution in [1.82, 2.24) is 5.32 Å². The van der Waals surface area contributed by atoms with E-state index in [-0.39, 0.29) is 12.5 Å². The number of hydrogen-bond acceptors (Lipinski definition) is 4. The zero-order valence-corrected chi connectivity index (χ0v) is 15.5. The Kier molecular flexibility index (Phi) is 4.59. The van der Waals surface area contributed by atoms with Gasteiger partial charge in [0.05, 0.1) is 6.54 Å². The average Bonchev–Trinajstić information content (AvgIpc) is 3.39. The quantitative estimate of drug-likeness (QED) is 0.531. The Morgan fingerprint density at radius 2 is 1.85 bits per heavy atom. The minimum atomic E-state index is -1.22. The third-order valence-corrected chi connectivity index (χ3v) is 6.15. The fourth-order valence-electron chi connectivity index (χ4n) is 2.99. The number of benzene rings is 2. The highest BCUT2D eigenvalue weighted by atomic mass is 32.1. The number of fused-ring (bicyclic) bond motifs is 1. The summed E-state index contributed by atoms with van der Waals surface area (Å²) in [6.07, 6.45) is 0. The Morgan fingerprint density at radius 3 is 2.58 bits per heavy atom. The van der Waals surface area contributed by atoms with Crippen molar-refractivity contribution in [2.45, 2.75) is 5.60 Å². The summed E-state index contributed by atoms with van der Waals surface area (Å²) >= 11 is 3.01. The zero-order chi connectivity index (χ0) is 18.0. The zero-order valence-electron chi connectivity index (χ0n) is 13.9. The number of nitrogens with one attached hydrogen (secondary N) is 1. The number of rotatable bonds is 5. The Morgan fingerprint density at radius 1 is 1.00 bits per heavy atom. The van der Waals surface area contributed by atoms with Gasteiger partial charge < -0.3 is 10.4 Å². The number of carbonyl (C=O) groups is 1. The Balaban J connectivity index is 1.58. The van der Waals surface area contributed by atoms with Crippen LogP contribution in [0.2, 0.25) is 0 Å². The van der Waals surface area contributed by atoms with E-state index in [1.165, 1.54) is 22.7 Å². The van der Waals surface area contributed by atoms with Crippen LogP contribution in [-0.2, 0) is 5.60 Å². The van der Waals surface area contributed by atoms with Crippen LogP contribution in [0, 0.1) is 0 Å². The summed E-state index contributed by atoms with van der Waals surface area (Å²) < 4.78 is 0. The topological polar surface area (TPSA) is 49.3 Å². The van der Waals surface area contributed by atoms with E-state index in [0.29, 0.717) is 5.56 Å². The number of carbonyl (C=O) groups excluding carboxylic acids is 1. The highest BCUT2D eigenvalue weighted by Gasteiger charge is 2.33. The molecule has 1 unspecified atom stereocenters. The smallest absolute Gasteiger partial charge is 0.251 e. The maximum atomic E-state index is 12.7. The molecule has 0 saturated carbocycles. The van der Waals surface area contributed by atoms with Crippen molar-refractivity contribution < 1.29 is 9.90 Å². The molecule has 26 heavy (non-hydrogen) atoms. The van der Waals surface area contributed by atoms with Crippen LogP contribution >= 0.6 is 22.7 Å². The second kappa shape index (κ2) is 7.03. The third-order valence-electron chi connectivity index (χ3n) is 4.44. The first-order valence-corrected chi connectivity index (χ1v) is 10.0. The van der Waals surface area contributed by atoms with E-state index in [9.17, 15) is 9.90 Å². The molecule has 0 aliphatic heterocycles. The summed E-state index contributed by atoms with van der Waals surface area (Å²) in [7, 11) is 0. The van der Waals surface area contributed by atoms with Gasteiger partial charge in [-0.05, 0) is 51.2 Å². The lowest BCUT2D eigenvalue weighted by molar-refractivity contribution is 0.0721. The molecule has 0 aliphatic carbocycles. The van der Waals surface area contributed by atoms with E-state index in [2.05, 4.69) is 5.32 Å². The molecule has 2 aromatic heterocycles. The highest BCUT2D eigenvalue weighted by Crippen LogP contribution is 2.33. The summed E-state index contributed by atoms with van der Waals surface area (Å²) in [5, 5.41) is 22.1. The summed E-state index contributed by atoms with van der Waals surface area (Å²) in [5.74, 6) is -0.194. The predicted octanol–water partition coefficient (Wildman–Crippen LogP) is 4.63. The van der Waals surface area contributed by atoms with Gasteiger partial charge in [-0.15, -0.1) is 11.3 Å².